The number of amides is 1. The Morgan fingerprint density at radius 2 is 2.11 bits per heavy atom. The van der Waals surface area contributed by atoms with Crippen molar-refractivity contribution in [2.75, 3.05) is 26.8 Å². The number of likely N-dealkylation sites (tertiary alicyclic amines) is 1. The predicted octanol–water partition coefficient (Wildman–Crippen LogP) is 2.64. The van der Waals surface area contributed by atoms with Gasteiger partial charge in [-0.15, -0.1) is 0 Å². The molecule has 1 saturated heterocycles. The van der Waals surface area contributed by atoms with Crippen LogP contribution < -0.4 is 0 Å². The minimum absolute atomic E-state index is 0.102. The third-order valence-corrected chi connectivity index (χ3v) is 5.42. The normalized spacial score (nSPS) is 15.5. The first-order chi connectivity index (χ1) is 13.6. The molecule has 28 heavy (non-hydrogen) atoms. The molecule has 0 atom stereocenters. The van der Waals surface area contributed by atoms with E-state index in [0.29, 0.717) is 31.0 Å². The van der Waals surface area contributed by atoms with E-state index in [1.165, 1.54) is 4.40 Å². The van der Waals surface area contributed by atoms with E-state index in [1.54, 1.807) is 37.3 Å². The van der Waals surface area contributed by atoms with Crippen LogP contribution in [0.15, 0.2) is 30.6 Å². The number of fused-ring (bicyclic) bond motifs is 1. The molecule has 0 N–H and O–H groups in total. The molecule has 0 aromatic carbocycles. The summed E-state index contributed by atoms with van der Waals surface area (Å²) >= 11 is 0. The van der Waals surface area contributed by atoms with Crippen LogP contribution in [0.25, 0.3) is 5.65 Å². The molecule has 4 heterocycles. The van der Waals surface area contributed by atoms with Gasteiger partial charge in [-0.1, -0.05) is 6.07 Å². The zero-order chi connectivity index (χ0) is 19.7. The summed E-state index contributed by atoms with van der Waals surface area (Å²) in [6.45, 7) is 4.31. The third-order valence-electron chi connectivity index (χ3n) is 5.42. The van der Waals surface area contributed by atoms with E-state index in [4.69, 9.17) is 4.74 Å². The number of piperidine rings is 1. The average Bonchev–Trinajstić information content (AvgIpc) is 3.31. The monoisotopic (exact) mass is 385 g/mol. The van der Waals surface area contributed by atoms with Crippen LogP contribution in [0.4, 0.5) is 4.39 Å². The van der Waals surface area contributed by atoms with Crippen molar-refractivity contribution in [3.05, 3.63) is 53.8 Å². The topological polar surface area (TPSA) is 64.7 Å². The first kappa shape index (κ1) is 18.6. The molecule has 8 heteroatoms. The second kappa shape index (κ2) is 7.71. The number of methoxy groups -OCH3 is 1. The molecule has 1 aliphatic heterocycles. The minimum atomic E-state index is -0.588. The van der Waals surface area contributed by atoms with E-state index >= 15 is 0 Å². The fraction of sp³-hybridized carbons (Fsp3) is 0.450. The van der Waals surface area contributed by atoms with Gasteiger partial charge >= 0.3 is 0 Å². The van der Waals surface area contributed by atoms with Crippen LogP contribution in [0.5, 0.6) is 0 Å². The molecule has 0 radical (unpaired) electrons. The number of carbonyl (C=O) groups is 1. The molecule has 0 aliphatic carbocycles. The second-order valence-electron chi connectivity index (χ2n) is 7.15. The number of imidazole rings is 2. The number of ether oxygens (including phenoxy) is 1. The molecule has 3 aromatic heterocycles. The van der Waals surface area contributed by atoms with E-state index in [2.05, 4.69) is 14.5 Å². The van der Waals surface area contributed by atoms with Gasteiger partial charge in [-0.2, -0.15) is 4.39 Å². The quantitative estimate of drug-likeness (QED) is 0.677. The Kier molecular flexibility index (Phi) is 5.13. The molecule has 0 bridgehead atoms. The van der Waals surface area contributed by atoms with Gasteiger partial charge in [0.15, 0.2) is 5.69 Å². The molecule has 148 valence electrons. The van der Waals surface area contributed by atoms with Gasteiger partial charge in [-0.05, 0) is 31.9 Å². The van der Waals surface area contributed by atoms with Crippen molar-refractivity contribution in [1.29, 1.82) is 0 Å². The van der Waals surface area contributed by atoms with Gasteiger partial charge in [0.25, 0.3) is 5.91 Å². The molecule has 1 aliphatic rings. The van der Waals surface area contributed by atoms with Crippen molar-refractivity contribution in [1.82, 2.24) is 23.8 Å². The Morgan fingerprint density at radius 3 is 2.82 bits per heavy atom. The molecule has 0 unspecified atom stereocenters. The number of aryl methyl sites for hydroxylation is 1. The van der Waals surface area contributed by atoms with Gasteiger partial charge in [-0.3, -0.25) is 9.20 Å². The van der Waals surface area contributed by atoms with Crippen molar-refractivity contribution in [2.45, 2.75) is 32.2 Å². The molecular formula is C20H24FN5O2. The molecule has 4 rings (SSSR count). The van der Waals surface area contributed by atoms with Gasteiger partial charge < -0.3 is 14.2 Å². The SMILES string of the molecule is COCCn1ccnc1C1CCN(C(=O)c2nc3cccc(C)n3c2F)CC1. The summed E-state index contributed by atoms with van der Waals surface area (Å²) in [6.07, 6.45) is 5.35. The fourth-order valence-corrected chi connectivity index (χ4v) is 3.90. The Labute approximate surface area is 162 Å². The number of hydrogen-bond donors (Lipinski definition) is 0. The van der Waals surface area contributed by atoms with Crippen LogP contribution in [-0.4, -0.2) is 56.5 Å². The summed E-state index contributed by atoms with van der Waals surface area (Å²) in [5, 5.41) is 0. The first-order valence-electron chi connectivity index (χ1n) is 9.53. The minimum Gasteiger partial charge on any atom is -0.383 e. The highest BCUT2D eigenvalue weighted by atomic mass is 19.1. The van der Waals surface area contributed by atoms with Crippen LogP contribution in [0.3, 0.4) is 0 Å². The van der Waals surface area contributed by atoms with E-state index in [1.807, 2.05) is 12.3 Å². The fourth-order valence-electron chi connectivity index (χ4n) is 3.90. The largest absolute Gasteiger partial charge is 0.383 e. The van der Waals surface area contributed by atoms with Crippen LogP contribution >= 0.6 is 0 Å². The Morgan fingerprint density at radius 1 is 1.32 bits per heavy atom. The zero-order valence-corrected chi connectivity index (χ0v) is 16.1. The van der Waals surface area contributed by atoms with Crippen molar-refractivity contribution in [2.24, 2.45) is 0 Å². The Hall–Kier alpha value is -2.74. The van der Waals surface area contributed by atoms with Crippen molar-refractivity contribution >= 4 is 11.6 Å². The standard InChI is InChI=1S/C20H24FN5O2/c1-14-4-3-5-16-23-17(18(21)26(14)16)20(27)25-9-6-15(7-10-25)19-22-8-11-24(19)12-13-28-2/h3-5,8,11,15H,6-7,9-10,12-13H2,1-2H3. The lowest BCUT2D eigenvalue weighted by atomic mass is 9.95. The highest BCUT2D eigenvalue weighted by molar-refractivity contribution is 5.93. The summed E-state index contributed by atoms with van der Waals surface area (Å²) < 4.78 is 23.4. The summed E-state index contributed by atoms with van der Waals surface area (Å²) in [4.78, 5) is 23.3. The van der Waals surface area contributed by atoms with E-state index in [0.717, 1.165) is 25.2 Å². The zero-order valence-electron chi connectivity index (χ0n) is 16.1. The third kappa shape index (κ3) is 3.28. The molecule has 1 fully saturated rings. The van der Waals surface area contributed by atoms with E-state index in [-0.39, 0.29) is 17.5 Å². The molecule has 0 spiro atoms. The summed E-state index contributed by atoms with van der Waals surface area (Å²) in [7, 11) is 1.68. The van der Waals surface area contributed by atoms with Crippen LogP contribution in [0.1, 0.15) is 40.8 Å². The number of halogens is 1. The maximum absolute atomic E-state index is 14.8. The Balaban J connectivity index is 1.47. The number of carbonyl (C=O) groups excluding carboxylic acids is 1. The molecular weight excluding hydrogens is 361 g/mol. The average molecular weight is 385 g/mol. The first-order valence-corrected chi connectivity index (χ1v) is 9.53. The van der Waals surface area contributed by atoms with Gasteiger partial charge in [0.05, 0.1) is 6.61 Å². The van der Waals surface area contributed by atoms with E-state index in [9.17, 15) is 9.18 Å². The van der Waals surface area contributed by atoms with Crippen molar-refractivity contribution < 1.29 is 13.9 Å². The molecule has 1 amide bonds. The smallest absolute Gasteiger partial charge is 0.277 e. The lowest BCUT2D eigenvalue weighted by Gasteiger charge is -2.31. The number of nitrogens with zero attached hydrogens (tertiary/aromatic N) is 5. The number of pyridine rings is 1. The van der Waals surface area contributed by atoms with Crippen LogP contribution in [-0.2, 0) is 11.3 Å². The predicted molar refractivity (Wildman–Crippen MR) is 102 cm³/mol. The van der Waals surface area contributed by atoms with Crippen molar-refractivity contribution in [3.63, 3.8) is 0 Å². The maximum Gasteiger partial charge on any atom is 0.277 e. The van der Waals surface area contributed by atoms with Gasteiger partial charge in [0, 0.05) is 50.7 Å². The number of aromatic nitrogens is 4. The van der Waals surface area contributed by atoms with Crippen LogP contribution in [0, 0.1) is 12.9 Å². The summed E-state index contributed by atoms with van der Waals surface area (Å²) in [5.74, 6) is 0.375. The van der Waals surface area contributed by atoms with Crippen molar-refractivity contribution in [3.8, 4) is 0 Å². The molecule has 0 saturated carbocycles. The highest BCUT2D eigenvalue weighted by Gasteiger charge is 2.30. The molecule has 3 aromatic rings. The second-order valence-corrected chi connectivity index (χ2v) is 7.15. The van der Waals surface area contributed by atoms with Gasteiger partial charge in [-0.25, -0.2) is 9.97 Å². The van der Waals surface area contributed by atoms with E-state index < -0.39 is 5.95 Å². The highest BCUT2D eigenvalue weighted by Crippen LogP contribution is 2.28. The number of hydrogen-bond acceptors (Lipinski definition) is 4. The maximum atomic E-state index is 14.8. The summed E-state index contributed by atoms with van der Waals surface area (Å²) in [6, 6.07) is 5.31. The lowest BCUT2D eigenvalue weighted by Crippen LogP contribution is -2.39. The van der Waals surface area contributed by atoms with Crippen LogP contribution in [0.2, 0.25) is 0 Å². The molecule has 7 nitrogen and oxygen atoms in total. The lowest BCUT2D eigenvalue weighted by molar-refractivity contribution is 0.0699. The van der Waals surface area contributed by atoms with Gasteiger partial charge in [0.2, 0.25) is 5.95 Å². The number of rotatable bonds is 5. The summed E-state index contributed by atoms with van der Waals surface area (Å²) in [5.41, 5.74) is 1.06. The Bertz CT molecular complexity index is 988. The van der Waals surface area contributed by atoms with Gasteiger partial charge in [0.1, 0.15) is 11.5 Å².